The predicted octanol–water partition coefficient (Wildman–Crippen LogP) is 4.66. The Labute approximate surface area is 190 Å². The van der Waals surface area contributed by atoms with Crippen LogP contribution in [0.15, 0.2) is 59.2 Å². The Morgan fingerprint density at radius 1 is 1.00 bits per heavy atom. The summed E-state index contributed by atoms with van der Waals surface area (Å²) in [5.74, 6) is 0.299. The third kappa shape index (κ3) is 4.30. The maximum absolute atomic E-state index is 6.12. The van der Waals surface area contributed by atoms with Gasteiger partial charge in [0.25, 0.3) is 0 Å². The quantitative estimate of drug-likeness (QED) is 0.711. The molecule has 2 N–H and O–H groups in total. The van der Waals surface area contributed by atoms with Crippen molar-refractivity contribution in [3.63, 3.8) is 0 Å². The van der Waals surface area contributed by atoms with Crippen LogP contribution >= 0.6 is 12.2 Å². The van der Waals surface area contributed by atoms with Crippen LogP contribution in [-0.4, -0.2) is 44.0 Å². The molecule has 0 amide bonds. The van der Waals surface area contributed by atoms with E-state index in [-0.39, 0.29) is 6.04 Å². The molecule has 2 aromatic carbocycles. The number of nitrogens with zero attached hydrogens (tertiary/aromatic N) is 4. The average Bonchev–Trinajstić information content (AvgIpc) is 3.15. The number of hydrogen-bond donors (Lipinski definition) is 1. The molecule has 1 fully saturated rings. The summed E-state index contributed by atoms with van der Waals surface area (Å²) in [5.41, 5.74) is 13.3. The van der Waals surface area contributed by atoms with Gasteiger partial charge in [0.1, 0.15) is 0 Å². The van der Waals surface area contributed by atoms with Gasteiger partial charge in [0.05, 0.1) is 11.8 Å². The fourth-order valence-electron chi connectivity index (χ4n) is 4.56. The van der Waals surface area contributed by atoms with E-state index in [1.54, 1.807) is 0 Å². The molecule has 162 valence electrons. The van der Waals surface area contributed by atoms with Crippen LogP contribution in [0.4, 0.5) is 11.4 Å². The Balaban J connectivity index is 1.66. The van der Waals surface area contributed by atoms with Crippen LogP contribution < -0.4 is 15.5 Å². The minimum Gasteiger partial charge on any atom is -0.378 e. The van der Waals surface area contributed by atoms with Crippen molar-refractivity contribution in [3.8, 4) is 0 Å². The number of rotatable bonds is 4. The summed E-state index contributed by atoms with van der Waals surface area (Å²) < 4.78 is 0. The Kier molecular flexibility index (Phi) is 6.01. The van der Waals surface area contributed by atoms with Crippen molar-refractivity contribution in [2.75, 3.05) is 38.0 Å². The summed E-state index contributed by atoms with van der Waals surface area (Å²) in [6.07, 6.45) is 5.54. The number of allylic oxidation sites excluding steroid dienone is 1. The first-order chi connectivity index (χ1) is 14.8. The van der Waals surface area contributed by atoms with Gasteiger partial charge in [-0.3, -0.25) is 0 Å². The molecule has 1 saturated carbocycles. The van der Waals surface area contributed by atoms with Crippen LogP contribution in [0, 0.1) is 5.92 Å². The lowest BCUT2D eigenvalue weighted by Gasteiger charge is -2.30. The third-order valence-corrected chi connectivity index (χ3v) is 6.42. The van der Waals surface area contributed by atoms with E-state index < -0.39 is 0 Å². The zero-order valence-corrected chi connectivity index (χ0v) is 19.6. The highest BCUT2D eigenvalue weighted by atomic mass is 32.1. The third-order valence-electron chi connectivity index (χ3n) is 6.23. The molecule has 2 atom stereocenters. The fraction of sp³-hybridized carbons (Fsp3) is 0.360. The van der Waals surface area contributed by atoms with Gasteiger partial charge >= 0.3 is 0 Å². The molecule has 0 unspecified atom stereocenters. The number of benzene rings is 2. The first-order valence-electron chi connectivity index (χ1n) is 10.8. The van der Waals surface area contributed by atoms with Crippen molar-refractivity contribution in [3.05, 3.63) is 65.2 Å². The Bertz CT molecular complexity index is 1010. The number of nitrogens with two attached hydrogens (primary N) is 1. The van der Waals surface area contributed by atoms with Crippen molar-refractivity contribution in [1.29, 1.82) is 0 Å². The summed E-state index contributed by atoms with van der Waals surface area (Å²) in [4.78, 5) is 4.22. The van der Waals surface area contributed by atoms with Crippen molar-refractivity contribution >= 4 is 40.5 Å². The summed E-state index contributed by atoms with van der Waals surface area (Å²) in [7, 11) is 8.22. The van der Waals surface area contributed by atoms with Gasteiger partial charge in [-0.15, -0.1) is 0 Å². The van der Waals surface area contributed by atoms with Crippen molar-refractivity contribution < 1.29 is 0 Å². The lowest BCUT2D eigenvalue weighted by molar-refractivity contribution is 0.305. The van der Waals surface area contributed by atoms with Gasteiger partial charge in [0.2, 0.25) is 0 Å². The maximum atomic E-state index is 6.12. The normalized spacial score (nSPS) is 21.6. The van der Waals surface area contributed by atoms with E-state index in [4.69, 9.17) is 23.1 Å². The largest absolute Gasteiger partial charge is 0.378 e. The van der Waals surface area contributed by atoms with Crippen LogP contribution in [0.3, 0.4) is 0 Å². The van der Waals surface area contributed by atoms with E-state index in [0.717, 1.165) is 25.0 Å². The van der Waals surface area contributed by atoms with Gasteiger partial charge in [-0.05, 0) is 78.5 Å². The summed E-state index contributed by atoms with van der Waals surface area (Å²) in [6, 6.07) is 17.4. The molecular formula is C25H31N5S. The lowest BCUT2D eigenvalue weighted by Crippen LogP contribution is -2.35. The molecule has 2 aromatic rings. The Morgan fingerprint density at radius 2 is 1.58 bits per heavy atom. The summed E-state index contributed by atoms with van der Waals surface area (Å²) in [6.45, 7) is 0. The molecule has 1 aliphatic carbocycles. The van der Waals surface area contributed by atoms with Gasteiger partial charge in [0, 0.05) is 45.5 Å². The number of thiocarbonyl (C=S) groups is 1. The van der Waals surface area contributed by atoms with Gasteiger partial charge < -0.3 is 15.5 Å². The standard InChI is InChI=1S/C25H31N5S/c1-28(2)20-12-8-17(9-13-20)16-19-6-5-7-22-23(19)27-30(25(26)31)24(22)18-10-14-21(15-11-18)29(3)4/h8-16,22,24H,5-7H2,1-4H3,(H2,26,31)/b19-16+/t22-,24+/m0/s1. The van der Waals surface area contributed by atoms with E-state index in [0.29, 0.717) is 11.0 Å². The number of fused-ring (bicyclic) bond motifs is 1. The smallest absolute Gasteiger partial charge is 0.187 e. The zero-order chi connectivity index (χ0) is 22.1. The van der Waals surface area contributed by atoms with Crippen LogP contribution in [0.2, 0.25) is 0 Å². The van der Waals surface area contributed by atoms with E-state index in [1.807, 2.05) is 5.01 Å². The van der Waals surface area contributed by atoms with E-state index in [2.05, 4.69) is 92.6 Å². The monoisotopic (exact) mass is 433 g/mol. The minimum atomic E-state index is 0.0588. The molecule has 2 aliphatic rings. The molecular weight excluding hydrogens is 402 g/mol. The fourth-order valence-corrected chi connectivity index (χ4v) is 4.71. The first kappa shape index (κ1) is 21.4. The molecule has 0 aromatic heterocycles. The first-order valence-corrected chi connectivity index (χ1v) is 11.2. The minimum absolute atomic E-state index is 0.0588. The summed E-state index contributed by atoms with van der Waals surface area (Å²) >= 11 is 5.39. The van der Waals surface area contributed by atoms with Crippen molar-refractivity contribution in [2.24, 2.45) is 16.8 Å². The predicted molar refractivity (Wildman–Crippen MR) is 136 cm³/mol. The van der Waals surface area contributed by atoms with Gasteiger partial charge in [-0.25, -0.2) is 5.01 Å². The molecule has 4 rings (SSSR count). The SMILES string of the molecule is CN(C)c1ccc(/C=C2\CCC[C@H]3C2=NN(C(N)=S)[C@@H]3c2ccc(N(C)C)cc2)cc1. The lowest BCUT2D eigenvalue weighted by atomic mass is 9.77. The highest BCUT2D eigenvalue weighted by Gasteiger charge is 2.42. The molecule has 0 saturated heterocycles. The van der Waals surface area contributed by atoms with Crippen LogP contribution in [-0.2, 0) is 0 Å². The highest BCUT2D eigenvalue weighted by molar-refractivity contribution is 7.80. The number of hydrogen-bond acceptors (Lipinski definition) is 4. The molecule has 1 heterocycles. The summed E-state index contributed by atoms with van der Waals surface area (Å²) in [5, 5.41) is 7.13. The average molecular weight is 434 g/mol. The second kappa shape index (κ2) is 8.71. The van der Waals surface area contributed by atoms with Crippen molar-refractivity contribution in [2.45, 2.75) is 25.3 Å². The second-order valence-electron chi connectivity index (χ2n) is 8.75. The number of anilines is 2. The van der Waals surface area contributed by atoms with Crippen molar-refractivity contribution in [1.82, 2.24) is 5.01 Å². The molecule has 0 radical (unpaired) electrons. The van der Waals surface area contributed by atoms with Gasteiger partial charge in [0.15, 0.2) is 5.11 Å². The molecule has 0 bridgehead atoms. The molecule has 0 spiro atoms. The number of hydrazone groups is 1. The second-order valence-corrected chi connectivity index (χ2v) is 9.17. The van der Waals surface area contributed by atoms with E-state index in [1.165, 1.54) is 28.1 Å². The molecule has 31 heavy (non-hydrogen) atoms. The van der Waals surface area contributed by atoms with Gasteiger partial charge in [-0.2, -0.15) is 5.10 Å². The van der Waals surface area contributed by atoms with Crippen LogP contribution in [0.1, 0.15) is 36.4 Å². The Morgan fingerprint density at radius 3 is 2.13 bits per heavy atom. The Hall–Kier alpha value is -2.86. The molecule has 1 aliphatic heterocycles. The zero-order valence-electron chi connectivity index (χ0n) is 18.7. The maximum Gasteiger partial charge on any atom is 0.187 e. The van der Waals surface area contributed by atoms with E-state index in [9.17, 15) is 0 Å². The van der Waals surface area contributed by atoms with Crippen LogP contribution in [0.25, 0.3) is 6.08 Å². The topological polar surface area (TPSA) is 48.1 Å². The molecule has 6 heteroatoms. The highest BCUT2D eigenvalue weighted by Crippen LogP contribution is 2.44. The molecule has 5 nitrogen and oxygen atoms in total. The van der Waals surface area contributed by atoms with Crippen LogP contribution in [0.5, 0.6) is 0 Å². The van der Waals surface area contributed by atoms with Gasteiger partial charge in [-0.1, -0.05) is 24.3 Å². The van der Waals surface area contributed by atoms with E-state index >= 15 is 0 Å².